The van der Waals surface area contributed by atoms with Gasteiger partial charge < -0.3 is 0 Å². The molecule has 3 rings (SSSR count). The number of aliphatic imine (C=N–C) groups is 1. The van der Waals surface area contributed by atoms with E-state index in [4.69, 9.17) is 0 Å². The van der Waals surface area contributed by atoms with Gasteiger partial charge in [0, 0.05) is 17.5 Å². The Bertz CT molecular complexity index is 902. The van der Waals surface area contributed by atoms with Crippen LogP contribution in [-0.2, 0) is 5.75 Å². The molecule has 0 fully saturated rings. The van der Waals surface area contributed by atoms with Crippen molar-refractivity contribution in [3.05, 3.63) is 58.0 Å². The van der Waals surface area contributed by atoms with Crippen LogP contribution in [0, 0.1) is 6.92 Å². The van der Waals surface area contributed by atoms with Gasteiger partial charge in [0.05, 0.1) is 0 Å². The lowest BCUT2D eigenvalue weighted by molar-refractivity contribution is 0.890. The number of hydrogen-bond donors (Lipinski definition) is 0. The molecule has 8 heteroatoms. The highest BCUT2D eigenvalue weighted by atomic mass is 32.2. The molecular formula is C15H14N4OS3. The van der Waals surface area contributed by atoms with E-state index in [-0.39, 0.29) is 5.56 Å². The van der Waals surface area contributed by atoms with Crippen LogP contribution >= 0.6 is 34.9 Å². The number of aryl methyl sites for hydroxylation is 1. The van der Waals surface area contributed by atoms with Gasteiger partial charge in [-0.1, -0.05) is 53.4 Å². The van der Waals surface area contributed by atoms with E-state index in [9.17, 15) is 4.79 Å². The topological polar surface area (TPSA) is 59.6 Å². The molecule has 0 unspecified atom stereocenters. The summed E-state index contributed by atoms with van der Waals surface area (Å²) in [5, 5.41) is 4.79. The van der Waals surface area contributed by atoms with Gasteiger partial charge in [-0.2, -0.15) is 4.52 Å². The lowest BCUT2D eigenvalue weighted by Gasteiger charge is -2.02. The van der Waals surface area contributed by atoms with Gasteiger partial charge in [0.15, 0.2) is 0 Å². The fourth-order valence-corrected chi connectivity index (χ4v) is 4.29. The second kappa shape index (κ2) is 7.29. The summed E-state index contributed by atoms with van der Waals surface area (Å²) >= 11 is 4.55. The second-order valence-corrected chi connectivity index (χ2v) is 7.62. The first-order chi connectivity index (χ1) is 11.2. The Hall–Kier alpha value is -1.64. The number of nitrogens with zero attached hydrogens (tertiary/aromatic N) is 4. The third-order valence-electron chi connectivity index (χ3n) is 2.93. The maximum atomic E-state index is 11.9. The highest BCUT2D eigenvalue weighted by Gasteiger charge is 2.08. The molecule has 0 aliphatic rings. The van der Waals surface area contributed by atoms with E-state index in [1.165, 1.54) is 27.5 Å². The third-order valence-corrected chi connectivity index (χ3v) is 5.84. The average molecular weight is 363 g/mol. The minimum Gasteiger partial charge on any atom is -0.267 e. The van der Waals surface area contributed by atoms with E-state index >= 15 is 0 Å². The van der Waals surface area contributed by atoms with Crippen LogP contribution < -0.4 is 5.56 Å². The summed E-state index contributed by atoms with van der Waals surface area (Å²) in [6.45, 7) is 1.80. The van der Waals surface area contributed by atoms with Crippen LogP contribution in [0.15, 0.2) is 46.2 Å². The Morgan fingerprint density at radius 1 is 1.35 bits per heavy atom. The van der Waals surface area contributed by atoms with Crippen molar-refractivity contribution in [2.45, 2.75) is 12.7 Å². The number of thioether (sulfide) groups is 2. The Morgan fingerprint density at radius 2 is 2.13 bits per heavy atom. The summed E-state index contributed by atoms with van der Waals surface area (Å²) in [7, 11) is 0. The maximum Gasteiger partial charge on any atom is 0.275 e. The summed E-state index contributed by atoms with van der Waals surface area (Å²) in [5.41, 5.74) is 1.77. The van der Waals surface area contributed by atoms with Crippen LogP contribution in [0.4, 0.5) is 5.13 Å². The predicted molar refractivity (Wildman–Crippen MR) is 100 cm³/mol. The Morgan fingerprint density at radius 3 is 2.87 bits per heavy atom. The highest BCUT2D eigenvalue weighted by molar-refractivity contribution is 8.38. The van der Waals surface area contributed by atoms with Crippen molar-refractivity contribution < 1.29 is 0 Å². The molecule has 0 aliphatic carbocycles. The van der Waals surface area contributed by atoms with Crippen LogP contribution in [0.5, 0.6) is 0 Å². The van der Waals surface area contributed by atoms with E-state index in [1.54, 1.807) is 30.4 Å². The zero-order chi connectivity index (χ0) is 16.2. The van der Waals surface area contributed by atoms with E-state index in [0.29, 0.717) is 15.8 Å². The van der Waals surface area contributed by atoms with Crippen molar-refractivity contribution in [2.75, 3.05) is 6.26 Å². The van der Waals surface area contributed by atoms with Gasteiger partial charge in [0.1, 0.15) is 4.38 Å². The van der Waals surface area contributed by atoms with Gasteiger partial charge in [0.25, 0.3) is 5.56 Å². The monoisotopic (exact) mass is 362 g/mol. The first kappa shape index (κ1) is 16.2. The zero-order valence-corrected chi connectivity index (χ0v) is 15.0. The summed E-state index contributed by atoms with van der Waals surface area (Å²) in [5.74, 6) is 0.850. The quantitative estimate of drug-likeness (QED) is 0.525. The normalized spacial score (nSPS) is 12.0. The molecule has 0 spiro atoms. The SMILES string of the molecule is CS/C(=N\c1nn2c(=O)cc(C)nc2s1)SCc1ccccc1. The molecule has 0 bridgehead atoms. The average Bonchev–Trinajstić information content (AvgIpc) is 2.95. The molecule has 1 aromatic carbocycles. The van der Waals surface area contributed by atoms with Crippen LogP contribution in [0.3, 0.4) is 0 Å². The molecule has 0 atom stereocenters. The molecule has 0 saturated carbocycles. The molecule has 0 amide bonds. The summed E-state index contributed by atoms with van der Waals surface area (Å²) in [4.78, 5) is 21.3. The molecule has 2 heterocycles. The van der Waals surface area contributed by atoms with Gasteiger partial charge in [-0.25, -0.2) is 9.98 Å². The highest BCUT2D eigenvalue weighted by Crippen LogP contribution is 2.26. The van der Waals surface area contributed by atoms with Crippen molar-refractivity contribution >= 4 is 49.3 Å². The lowest BCUT2D eigenvalue weighted by Crippen LogP contribution is -2.13. The van der Waals surface area contributed by atoms with Crippen LogP contribution in [0.2, 0.25) is 0 Å². The van der Waals surface area contributed by atoms with E-state index in [1.807, 2.05) is 24.5 Å². The molecule has 0 N–H and O–H groups in total. The number of rotatable bonds is 3. The van der Waals surface area contributed by atoms with Crippen LogP contribution in [-0.4, -0.2) is 25.2 Å². The van der Waals surface area contributed by atoms with Gasteiger partial charge in [-0.3, -0.25) is 4.79 Å². The summed E-state index contributed by atoms with van der Waals surface area (Å²) < 4.78 is 2.22. The van der Waals surface area contributed by atoms with E-state index in [2.05, 4.69) is 27.2 Å². The fraction of sp³-hybridized carbons (Fsp3) is 0.200. The van der Waals surface area contributed by atoms with Crippen molar-refractivity contribution in [1.82, 2.24) is 14.6 Å². The second-order valence-electron chi connectivity index (χ2n) is 4.67. The predicted octanol–water partition coefficient (Wildman–Crippen LogP) is 3.74. The molecule has 118 valence electrons. The summed E-state index contributed by atoms with van der Waals surface area (Å²) in [6, 6.07) is 11.7. The molecule has 0 saturated heterocycles. The molecule has 5 nitrogen and oxygen atoms in total. The molecule has 0 aliphatic heterocycles. The minimum atomic E-state index is -0.173. The van der Waals surface area contributed by atoms with E-state index < -0.39 is 0 Å². The fourth-order valence-electron chi connectivity index (χ4n) is 1.89. The summed E-state index contributed by atoms with van der Waals surface area (Å²) in [6.07, 6.45) is 1.98. The smallest absolute Gasteiger partial charge is 0.267 e. The zero-order valence-electron chi connectivity index (χ0n) is 12.6. The third kappa shape index (κ3) is 4.01. The first-order valence-corrected chi connectivity index (χ1v) is 9.85. The number of fused-ring (bicyclic) bond motifs is 1. The molecule has 0 radical (unpaired) electrons. The number of hydrogen-bond acceptors (Lipinski definition) is 7. The Kier molecular flexibility index (Phi) is 5.14. The van der Waals surface area contributed by atoms with Crippen molar-refractivity contribution in [1.29, 1.82) is 0 Å². The van der Waals surface area contributed by atoms with Crippen LogP contribution in [0.1, 0.15) is 11.3 Å². The van der Waals surface area contributed by atoms with Gasteiger partial charge in [0.2, 0.25) is 10.1 Å². The Labute approximate surface area is 145 Å². The Balaban J connectivity index is 1.83. The van der Waals surface area contributed by atoms with Crippen molar-refractivity contribution in [2.24, 2.45) is 4.99 Å². The maximum absolute atomic E-state index is 11.9. The number of benzene rings is 1. The lowest BCUT2D eigenvalue weighted by atomic mass is 10.2. The van der Waals surface area contributed by atoms with E-state index in [0.717, 1.165) is 10.1 Å². The molecule has 2 aromatic heterocycles. The van der Waals surface area contributed by atoms with Gasteiger partial charge >= 0.3 is 0 Å². The largest absolute Gasteiger partial charge is 0.275 e. The van der Waals surface area contributed by atoms with Crippen molar-refractivity contribution in [3.63, 3.8) is 0 Å². The standard InChI is InChI=1S/C15H14N4OS3/c1-10-8-12(20)19-14(16-10)23-13(18-19)17-15(21-2)22-9-11-6-4-3-5-7-11/h3-8H,9H2,1-2H3/b17-15+. The molecular weight excluding hydrogens is 348 g/mol. The molecule has 3 aromatic rings. The minimum absolute atomic E-state index is 0.173. The first-order valence-electron chi connectivity index (χ1n) is 6.82. The van der Waals surface area contributed by atoms with Gasteiger partial charge in [-0.15, -0.1) is 16.9 Å². The van der Waals surface area contributed by atoms with Gasteiger partial charge in [-0.05, 0) is 18.7 Å². The molecule has 23 heavy (non-hydrogen) atoms. The number of aromatic nitrogens is 3. The van der Waals surface area contributed by atoms with Crippen LogP contribution in [0.25, 0.3) is 4.96 Å². The van der Waals surface area contributed by atoms with Crippen molar-refractivity contribution in [3.8, 4) is 0 Å².